The number of hydrogen-bond acceptors (Lipinski definition) is 7. The molecule has 1 N–H and O–H groups in total. The van der Waals surface area contributed by atoms with Crippen molar-refractivity contribution < 1.29 is 9.13 Å². The van der Waals surface area contributed by atoms with Crippen molar-refractivity contribution in [2.24, 2.45) is 7.05 Å². The van der Waals surface area contributed by atoms with Gasteiger partial charge in [-0.1, -0.05) is 32.4 Å². The predicted molar refractivity (Wildman–Crippen MR) is 144 cm³/mol. The second-order valence-corrected chi connectivity index (χ2v) is 11.2. The third-order valence-electron chi connectivity index (χ3n) is 6.95. The molecule has 1 saturated heterocycles. The summed E-state index contributed by atoms with van der Waals surface area (Å²) in [4.78, 5) is 15.3. The Morgan fingerprint density at radius 1 is 1.13 bits per heavy atom. The average Bonchev–Trinajstić information content (AvgIpc) is 3.62. The fourth-order valence-corrected chi connectivity index (χ4v) is 5.35. The SMILES string of the molecule is CN1CC(F)C(n2cc(Nc3nc4ncc(Oc5cnn6ccncc56)c(Cl)c4n3C)cc2C(C)(C)C)C1. The van der Waals surface area contributed by atoms with Gasteiger partial charge in [-0.25, -0.2) is 13.9 Å². The van der Waals surface area contributed by atoms with Crippen molar-refractivity contribution in [3.63, 3.8) is 0 Å². The number of anilines is 2. The fraction of sp³-hybridized carbons (Fsp3) is 0.385. The van der Waals surface area contributed by atoms with Gasteiger partial charge in [0.15, 0.2) is 17.1 Å². The topological polar surface area (TPSA) is 90.3 Å². The van der Waals surface area contributed by atoms with Crippen LogP contribution in [0.3, 0.4) is 0 Å². The molecule has 6 heterocycles. The number of hydrogen-bond donors (Lipinski definition) is 1. The number of aryl methyl sites for hydroxylation is 1. The molecule has 0 aliphatic carbocycles. The lowest BCUT2D eigenvalue weighted by Crippen LogP contribution is -2.25. The molecule has 0 saturated carbocycles. The molecule has 1 fully saturated rings. The number of nitrogens with one attached hydrogen (secondary N) is 1. The van der Waals surface area contributed by atoms with Crippen LogP contribution in [0.5, 0.6) is 11.5 Å². The number of pyridine rings is 1. The predicted octanol–water partition coefficient (Wildman–Crippen LogP) is 5.12. The number of halogens is 2. The second kappa shape index (κ2) is 8.95. The van der Waals surface area contributed by atoms with Gasteiger partial charge >= 0.3 is 0 Å². The van der Waals surface area contributed by atoms with E-state index in [4.69, 9.17) is 16.3 Å². The summed E-state index contributed by atoms with van der Waals surface area (Å²) in [7, 11) is 3.81. The minimum Gasteiger partial charge on any atom is -0.450 e. The Hall–Kier alpha value is -3.70. The average molecular weight is 538 g/mol. The molecule has 5 aromatic rings. The largest absolute Gasteiger partial charge is 0.450 e. The summed E-state index contributed by atoms with van der Waals surface area (Å²) >= 11 is 6.79. The highest BCUT2D eigenvalue weighted by Gasteiger charge is 2.35. The molecule has 5 aromatic heterocycles. The Morgan fingerprint density at radius 2 is 1.95 bits per heavy atom. The summed E-state index contributed by atoms with van der Waals surface area (Å²) in [5.41, 5.74) is 3.51. The van der Waals surface area contributed by atoms with E-state index in [-0.39, 0.29) is 11.5 Å². The van der Waals surface area contributed by atoms with E-state index in [9.17, 15) is 4.39 Å². The van der Waals surface area contributed by atoms with Gasteiger partial charge in [0.05, 0.1) is 30.3 Å². The summed E-state index contributed by atoms with van der Waals surface area (Å²) in [6.45, 7) is 7.49. The van der Waals surface area contributed by atoms with E-state index in [0.717, 1.165) is 11.4 Å². The molecule has 198 valence electrons. The van der Waals surface area contributed by atoms with Gasteiger partial charge in [-0.15, -0.1) is 0 Å². The van der Waals surface area contributed by atoms with E-state index in [0.29, 0.717) is 52.2 Å². The summed E-state index contributed by atoms with van der Waals surface area (Å²) in [5, 5.41) is 8.04. The van der Waals surface area contributed by atoms with Gasteiger partial charge in [-0.2, -0.15) is 10.1 Å². The highest BCUT2D eigenvalue weighted by Crippen LogP contribution is 2.38. The zero-order chi connectivity index (χ0) is 26.8. The second-order valence-electron chi connectivity index (χ2n) is 10.8. The number of aromatic nitrogens is 7. The van der Waals surface area contributed by atoms with Crippen molar-refractivity contribution in [1.82, 2.24) is 38.6 Å². The van der Waals surface area contributed by atoms with E-state index < -0.39 is 6.17 Å². The van der Waals surface area contributed by atoms with Crippen molar-refractivity contribution in [2.45, 2.75) is 38.4 Å². The Morgan fingerprint density at radius 3 is 2.68 bits per heavy atom. The lowest BCUT2D eigenvalue weighted by atomic mass is 9.91. The van der Waals surface area contributed by atoms with Crippen LogP contribution < -0.4 is 10.1 Å². The number of rotatable bonds is 5. The first-order valence-corrected chi connectivity index (χ1v) is 12.8. The van der Waals surface area contributed by atoms with Crippen molar-refractivity contribution in [3.8, 4) is 11.5 Å². The maximum absolute atomic E-state index is 14.9. The molecule has 6 rings (SSSR count). The highest BCUT2D eigenvalue weighted by atomic mass is 35.5. The van der Waals surface area contributed by atoms with Crippen LogP contribution >= 0.6 is 11.6 Å². The molecule has 0 amide bonds. The van der Waals surface area contributed by atoms with Crippen LogP contribution in [0.25, 0.3) is 16.7 Å². The van der Waals surface area contributed by atoms with E-state index in [2.05, 4.69) is 56.8 Å². The van der Waals surface area contributed by atoms with Crippen LogP contribution in [0.4, 0.5) is 16.0 Å². The first-order valence-electron chi connectivity index (χ1n) is 12.4. The third kappa shape index (κ3) is 4.15. The first-order chi connectivity index (χ1) is 18.1. The minimum atomic E-state index is -0.928. The quantitative estimate of drug-likeness (QED) is 0.332. The van der Waals surface area contributed by atoms with Gasteiger partial charge in [0.2, 0.25) is 5.95 Å². The molecule has 10 nitrogen and oxygen atoms in total. The summed E-state index contributed by atoms with van der Waals surface area (Å²) < 4.78 is 26.5. The Balaban J connectivity index is 1.34. The van der Waals surface area contributed by atoms with Gasteiger partial charge in [-0.05, 0) is 13.1 Å². The van der Waals surface area contributed by atoms with Crippen LogP contribution in [-0.4, -0.2) is 64.9 Å². The number of likely N-dealkylation sites (tertiary alicyclic amines) is 1. The highest BCUT2D eigenvalue weighted by molar-refractivity contribution is 6.36. The zero-order valence-corrected chi connectivity index (χ0v) is 22.6. The zero-order valence-electron chi connectivity index (χ0n) is 21.9. The molecule has 2 unspecified atom stereocenters. The number of imidazole rings is 1. The molecule has 12 heteroatoms. The number of nitrogens with zero attached hydrogens (tertiary/aromatic N) is 8. The van der Waals surface area contributed by atoms with Crippen molar-refractivity contribution in [3.05, 3.63) is 54.0 Å². The van der Waals surface area contributed by atoms with E-state index in [1.54, 1.807) is 35.5 Å². The van der Waals surface area contributed by atoms with Crippen molar-refractivity contribution >= 4 is 39.9 Å². The van der Waals surface area contributed by atoms with Crippen LogP contribution in [0, 0.1) is 0 Å². The summed E-state index contributed by atoms with van der Waals surface area (Å²) in [6, 6.07) is 1.82. The molecule has 0 aromatic carbocycles. The number of alkyl halides is 1. The molecule has 38 heavy (non-hydrogen) atoms. The van der Waals surface area contributed by atoms with Gasteiger partial charge in [0.25, 0.3) is 0 Å². The Kier molecular flexibility index (Phi) is 5.80. The lowest BCUT2D eigenvalue weighted by molar-refractivity contribution is 0.271. The van der Waals surface area contributed by atoms with Gasteiger partial charge in [0, 0.05) is 49.8 Å². The first kappa shape index (κ1) is 24.6. The molecular formula is C26H29ClFN9O. The third-order valence-corrected chi connectivity index (χ3v) is 7.31. The van der Waals surface area contributed by atoms with E-state index in [1.165, 1.54) is 0 Å². The normalized spacial score (nSPS) is 18.6. The maximum atomic E-state index is 14.9. The molecular weight excluding hydrogens is 509 g/mol. The van der Waals surface area contributed by atoms with E-state index in [1.807, 2.05) is 29.8 Å². The standard InChI is InChI=1S/C26H29ClFN9O/c1-26(2,3)21-8-15(12-36(21)18-14-34(4)13-16(18)28)32-25-33-24-23(35(25)5)22(27)20(10-30-24)38-19-11-31-37-7-6-29-9-17(19)37/h6-12,16,18H,13-14H2,1-5H3,(H,30,32,33). The van der Waals surface area contributed by atoms with Gasteiger partial charge in [-0.3, -0.25) is 4.98 Å². The number of fused-ring (bicyclic) bond motifs is 2. The monoisotopic (exact) mass is 537 g/mol. The van der Waals surface area contributed by atoms with Crippen LogP contribution in [-0.2, 0) is 12.5 Å². The van der Waals surface area contributed by atoms with Crippen LogP contribution in [0.1, 0.15) is 32.5 Å². The van der Waals surface area contributed by atoms with Crippen molar-refractivity contribution in [2.75, 3.05) is 25.5 Å². The molecule has 1 aliphatic rings. The molecule has 0 spiro atoms. The smallest absolute Gasteiger partial charge is 0.209 e. The summed E-state index contributed by atoms with van der Waals surface area (Å²) in [5.74, 6) is 1.46. The van der Waals surface area contributed by atoms with Crippen LogP contribution in [0.15, 0.2) is 43.2 Å². The number of likely N-dealkylation sites (N-methyl/N-ethyl adjacent to an activating group) is 1. The summed E-state index contributed by atoms with van der Waals surface area (Å²) in [6.07, 6.45) is 9.25. The molecule has 2 atom stereocenters. The molecule has 1 aliphatic heterocycles. The maximum Gasteiger partial charge on any atom is 0.209 e. The lowest BCUT2D eigenvalue weighted by Gasteiger charge is -2.25. The van der Waals surface area contributed by atoms with Crippen LogP contribution in [0.2, 0.25) is 5.02 Å². The Labute approximate surface area is 224 Å². The molecule has 0 radical (unpaired) electrons. The van der Waals surface area contributed by atoms with Gasteiger partial charge in [0.1, 0.15) is 22.2 Å². The number of ether oxygens (including phenoxy) is 1. The van der Waals surface area contributed by atoms with E-state index >= 15 is 0 Å². The van der Waals surface area contributed by atoms with Crippen molar-refractivity contribution in [1.29, 1.82) is 0 Å². The Bertz CT molecular complexity index is 1650. The fourth-order valence-electron chi connectivity index (χ4n) is 5.05. The van der Waals surface area contributed by atoms with Gasteiger partial charge < -0.3 is 24.1 Å². The minimum absolute atomic E-state index is 0.169. The molecule has 0 bridgehead atoms.